The number of hydrogen-bond donors (Lipinski definition) is 0. The molecular weight excluding hydrogens is 414 g/mol. The number of hydrogen-bond acceptors (Lipinski definition) is 4. The summed E-state index contributed by atoms with van der Waals surface area (Å²) in [7, 11) is 0. The first kappa shape index (κ1) is 20.2. The molecule has 0 N–H and O–H groups in total. The fourth-order valence-corrected chi connectivity index (χ4v) is 5.07. The minimum Gasteiger partial charge on any atom is -0.291 e. The first-order chi connectivity index (χ1) is 15.5. The maximum Gasteiger partial charge on any atom is 0.263 e. The SMILES string of the molecule is CC(C)c1nc2scc(-c3ccc4ccccc4c3)c2c(=O)n1Cc1cccc(C#N)c1. The zero-order chi connectivity index (χ0) is 22.2. The highest BCUT2D eigenvalue weighted by Gasteiger charge is 2.19. The minimum atomic E-state index is -0.0366. The molecule has 0 bridgehead atoms. The zero-order valence-electron chi connectivity index (χ0n) is 17.9. The first-order valence-electron chi connectivity index (χ1n) is 10.6. The molecule has 32 heavy (non-hydrogen) atoms. The Morgan fingerprint density at radius 1 is 1.03 bits per heavy atom. The molecule has 0 atom stereocenters. The van der Waals surface area contributed by atoms with Gasteiger partial charge in [-0.1, -0.05) is 62.4 Å². The van der Waals surface area contributed by atoms with Crippen LogP contribution in [-0.2, 0) is 6.54 Å². The summed E-state index contributed by atoms with van der Waals surface area (Å²) < 4.78 is 1.76. The molecule has 0 aliphatic rings. The lowest BCUT2D eigenvalue weighted by atomic mass is 10.0. The Morgan fingerprint density at radius 3 is 2.62 bits per heavy atom. The highest BCUT2D eigenvalue weighted by molar-refractivity contribution is 7.17. The van der Waals surface area contributed by atoms with Gasteiger partial charge in [-0.05, 0) is 40.1 Å². The normalized spacial score (nSPS) is 11.3. The lowest BCUT2D eigenvalue weighted by molar-refractivity contribution is 0.635. The van der Waals surface area contributed by atoms with E-state index in [9.17, 15) is 10.1 Å². The Hall–Kier alpha value is -3.75. The molecule has 0 fully saturated rings. The molecule has 0 saturated carbocycles. The van der Waals surface area contributed by atoms with Crippen molar-refractivity contribution in [1.82, 2.24) is 9.55 Å². The number of nitrogens with zero attached hydrogens (tertiary/aromatic N) is 3. The maximum atomic E-state index is 13.8. The van der Waals surface area contributed by atoms with Gasteiger partial charge in [-0.2, -0.15) is 5.26 Å². The van der Waals surface area contributed by atoms with E-state index in [0.29, 0.717) is 17.5 Å². The van der Waals surface area contributed by atoms with Gasteiger partial charge in [0.15, 0.2) is 0 Å². The second kappa shape index (κ2) is 8.07. The van der Waals surface area contributed by atoms with Crippen LogP contribution in [0.25, 0.3) is 32.1 Å². The van der Waals surface area contributed by atoms with Gasteiger partial charge in [-0.3, -0.25) is 9.36 Å². The second-order valence-corrected chi connectivity index (χ2v) is 9.08. The average Bonchev–Trinajstić information content (AvgIpc) is 3.25. The summed E-state index contributed by atoms with van der Waals surface area (Å²) in [6.07, 6.45) is 0. The van der Waals surface area contributed by atoms with Crippen LogP contribution in [0.15, 0.2) is 76.9 Å². The number of nitriles is 1. The first-order valence-corrected chi connectivity index (χ1v) is 11.4. The van der Waals surface area contributed by atoms with Crippen molar-refractivity contribution in [2.45, 2.75) is 26.3 Å². The van der Waals surface area contributed by atoms with Crippen LogP contribution >= 0.6 is 11.3 Å². The number of rotatable bonds is 4. The molecule has 156 valence electrons. The monoisotopic (exact) mass is 435 g/mol. The number of aromatic nitrogens is 2. The topological polar surface area (TPSA) is 58.7 Å². The molecule has 5 heteroatoms. The van der Waals surface area contributed by atoms with Gasteiger partial charge in [-0.15, -0.1) is 11.3 Å². The Kier molecular flexibility index (Phi) is 5.08. The van der Waals surface area contributed by atoms with Crippen LogP contribution < -0.4 is 5.56 Å². The summed E-state index contributed by atoms with van der Waals surface area (Å²) in [4.78, 5) is 19.5. The predicted octanol–water partition coefficient (Wildman–Crippen LogP) is 6.32. The standard InChI is InChI=1S/C27H21N3OS/c1-17(2)25-29-26-24(27(31)30(25)15-19-7-5-6-18(12-19)14-28)23(16-32-26)22-11-10-20-8-3-4-9-21(20)13-22/h3-13,16-17H,15H2,1-2H3. The van der Waals surface area contributed by atoms with Gasteiger partial charge < -0.3 is 0 Å². The number of fused-ring (bicyclic) bond motifs is 2. The average molecular weight is 436 g/mol. The van der Waals surface area contributed by atoms with Crippen LogP contribution in [-0.4, -0.2) is 9.55 Å². The molecule has 0 spiro atoms. The van der Waals surface area contributed by atoms with Crippen molar-refractivity contribution in [2.24, 2.45) is 0 Å². The van der Waals surface area contributed by atoms with E-state index in [4.69, 9.17) is 4.98 Å². The summed E-state index contributed by atoms with van der Waals surface area (Å²) in [5.74, 6) is 0.856. The summed E-state index contributed by atoms with van der Waals surface area (Å²) in [6, 6.07) is 24.1. The Balaban J connectivity index is 1.71. The quantitative estimate of drug-likeness (QED) is 0.332. The van der Waals surface area contributed by atoms with Gasteiger partial charge in [0.25, 0.3) is 5.56 Å². The third kappa shape index (κ3) is 3.49. The van der Waals surface area contributed by atoms with Crippen LogP contribution in [0.2, 0.25) is 0 Å². The van der Waals surface area contributed by atoms with Gasteiger partial charge in [0, 0.05) is 16.9 Å². The molecule has 5 rings (SSSR count). The van der Waals surface area contributed by atoms with E-state index in [2.05, 4.69) is 36.4 Å². The van der Waals surface area contributed by atoms with Gasteiger partial charge in [0.2, 0.25) is 0 Å². The zero-order valence-corrected chi connectivity index (χ0v) is 18.7. The summed E-state index contributed by atoms with van der Waals surface area (Å²) in [5, 5.41) is 14.3. The summed E-state index contributed by atoms with van der Waals surface area (Å²) in [5.41, 5.74) is 3.40. The molecule has 5 aromatic rings. The van der Waals surface area contributed by atoms with Gasteiger partial charge in [-0.25, -0.2) is 4.98 Å². The maximum absolute atomic E-state index is 13.8. The Labute approximate surface area is 190 Å². The fraction of sp³-hybridized carbons (Fsp3) is 0.148. The van der Waals surface area contributed by atoms with E-state index in [1.54, 1.807) is 10.6 Å². The third-order valence-corrected chi connectivity index (χ3v) is 6.57. The van der Waals surface area contributed by atoms with Gasteiger partial charge >= 0.3 is 0 Å². The molecule has 0 saturated heterocycles. The smallest absolute Gasteiger partial charge is 0.263 e. The van der Waals surface area contributed by atoms with Crippen molar-refractivity contribution in [3.63, 3.8) is 0 Å². The fourth-order valence-electron chi connectivity index (χ4n) is 4.12. The van der Waals surface area contributed by atoms with E-state index < -0.39 is 0 Å². The Bertz CT molecular complexity index is 1570. The number of thiophene rings is 1. The number of benzene rings is 3. The molecule has 3 aromatic carbocycles. The molecule has 4 nitrogen and oxygen atoms in total. The summed E-state index contributed by atoms with van der Waals surface area (Å²) >= 11 is 1.51. The largest absolute Gasteiger partial charge is 0.291 e. The molecule has 0 amide bonds. The Morgan fingerprint density at radius 2 is 1.84 bits per heavy atom. The van der Waals surface area contributed by atoms with E-state index in [1.165, 1.54) is 16.7 Å². The van der Waals surface area contributed by atoms with Crippen LogP contribution in [0.1, 0.15) is 36.7 Å². The molecule has 0 aliphatic heterocycles. The van der Waals surface area contributed by atoms with Gasteiger partial charge in [0.05, 0.1) is 23.6 Å². The lowest BCUT2D eigenvalue weighted by Crippen LogP contribution is -2.26. The van der Waals surface area contributed by atoms with Crippen LogP contribution in [0, 0.1) is 11.3 Å². The van der Waals surface area contributed by atoms with Crippen molar-refractivity contribution in [3.05, 3.63) is 99.4 Å². The van der Waals surface area contributed by atoms with E-state index >= 15 is 0 Å². The van der Waals surface area contributed by atoms with Crippen molar-refractivity contribution in [3.8, 4) is 17.2 Å². The van der Waals surface area contributed by atoms with Crippen molar-refractivity contribution in [1.29, 1.82) is 5.26 Å². The molecule has 2 aromatic heterocycles. The van der Waals surface area contributed by atoms with Gasteiger partial charge in [0.1, 0.15) is 10.7 Å². The molecule has 0 radical (unpaired) electrons. The van der Waals surface area contributed by atoms with Crippen LogP contribution in [0.5, 0.6) is 0 Å². The molecular formula is C27H21N3OS. The predicted molar refractivity (Wildman–Crippen MR) is 131 cm³/mol. The van der Waals surface area contributed by atoms with Crippen LogP contribution in [0.3, 0.4) is 0 Å². The third-order valence-electron chi connectivity index (χ3n) is 5.70. The van der Waals surface area contributed by atoms with Crippen molar-refractivity contribution in [2.75, 3.05) is 0 Å². The highest BCUT2D eigenvalue weighted by Crippen LogP contribution is 2.33. The molecule has 0 unspecified atom stereocenters. The lowest BCUT2D eigenvalue weighted by Gasteiger charge is -2.15. The summed E-state index contributed by atoms with van der Waals surface area (Å²) in [6.45, 7) is 4.49. The van der Waals surface area contributed by atoms with Crippen molar-refractivity contribution < 1.29 is 0 Å². The highest BCUT2D eigenvalue weighted by atomic mass is 32.1. The van der Waals surface area contributed by atoms with E-state index in [0.717, 1.165) is 32.7 Å². The van der Waals surface area contributed by atoms with Crippen molar-refractivity contribution >= 4 is 32.3 Å². The minimum absolute atomic E-state index is 0.0366. The van der Waals surface area contributed by atoms with E-state index in [-0.39, 0.29) is 11.5 Å². The molecule has 2 heterocycles. The van der Waals surface area contributed by atoms with E-state index in [1.807, 2.05) is 49.6 Å². The second-order valence-electron chi connectivity index (χ2n) is 8.22. The molecule has 0 aliphatic carbocycles. The van der Waals surface area contributed by atoms with Crippen LogP contribution in [0.4, 0.5) is 0 Å².